The van der Waals surface area contributed by atoms with Crippen LogP contribution in [0.25, 0.3) is 21.6 Å². The van der Waals surface area contributed by atoms with Crippen LogP contribution in [0.2, 0.25) is 0 Å². The molecule has 0 fully saturated rings. The topological polar surface area (TPSA) is 89.2 Å². The molecule has 0 spiro atoms. The number of aliphatic hydroxyl groups is 2. The van der Waals surface area contributed by atoms with Gasteiger partial charge in [-0.15, -0.1) is 0 Å². The second kappa shape index (κ2) is 6.20. The van der Waals surface area contributed by atoms with Gasteiger partial charge in [0.1, 0.15) is 6.10 Å². The summed E-state index contributed by atoms with van der Waals surface area (Å²) in [5, 5.41) is 23.6. The summed E-state index contributed by atoms with van der Waals surface area (Å²) in [5.41, 5.74) is 13.8. The minimum atomic E-state index is -0.970. The van der Waals surface area contributed by atoms with Crippen LogP contribution in [-0.4, -0.2) is 22.9 Å². The predicted molar refractivity (Wildman–Crippen MR) is 84.3 cm³/mol. The van der Waals surface area contributed by atoms with E-state index in [-0.39, 0.29) is 13.0 Å². The molecular weight excluding hydrogens is 278 g/mol. The average Bonchev–Trinajstić information content (AvgIpc) is 2.91. The summed E-state index contributed by atoms with van der Waals surface area (Å²) >= 11 is 0. The highest BCUT2D eigenvalue weighted by Gasteiger charge is 2.22. The highest BCUT2D eigenvalue weighted by Crippen LogP contribution is 2.37. The SMILES string of the molecule is [N-]=[N+]=NCCC(O)C(O)c1ccc2c(c1)Cc1ccccc1-2. The van der Waals surface area contributed by atoms with Crippen LogP contribution in [0.15, 0.2) is 47.6 Å². The van der Waals surface area contributed by atoms with Gasteiger partial charge >= 0.3 is 0 Å². The molecule has 3 rings (SSSR count). The largest absolute Gasteiger partial charge is 0.390 e. The lowest BCUT2D eigenvalue weighted by molar-refractivity contribution is 0.0150. The highest BCUT2D eigenvalue weighted by molar-refractivity contribution is 5.76. The van der Waals surface area contributed by atoms with Gasteiger partial charge in [-0.05, 0) is 46.2 Å². The van der Waals surface area contributed by atoms with E-state index in [2.05, 4.69) is 22.2 Å². The van der Waals surface area contributed by atoms with Crippen molar-refractivity contribution in [3.05, 3.63) is 69.6 Å². The number of hydrogen-bond donors (Lipinski definition) is 2. The van der Waals surface area contributed by atoms with E-state index in [0.29, 0.717) is 5.56 Å². The first-order valence-corrected chi connectivity index (χ1v) is 7.29. The molecule has 2 atom stereocenters. The molecule has 5 heteroatoms. The number of aliphatic hydroxyl groups excluding tert-OH is 2. The molecule has 5 nitrogen and oxygen atoms in total. The Morgan fingerprint density at radius 1 is 1.09 bits per heavy atom. The zero-order valence-corrected chi connectivity index (χ0v) is 12.1. The van der Waals surface area contributed by atoms with Gasteiger partial charge in [0.2, 0.25) is 0 Å². The molecule has 0 aromatic heterocycles. The summed E-state index contributed by atoms with van der Waals surface area (Å²) < 4.78 is 0. The number of azide groups is 1. The summed E-state index contributed by atoms with van der Waals surface area (Å²) in [5.74, 6) is 0. The van der Waals surface area contributed by atoms with Crippen molar-refractivity contribution in [2.75, 3.05) is 6.54 Å². The van der Waals surface area contributed by atoms with E-state index in [4.69, 9.17) is 5.53 Å². The molecule has 0 radical (unpaired) electrons. The average molecular weight is 295 g/mol. The maximum absolute atomic E-state index is 10.3. The Morgan fingerprint density at radius 3 is 2.68 bits per heavy atom. The number of rotatable bonds is 5. The summed E-state index contributed by atoms with van der Waals surface area (Å²) in [4.78, 5) is 2.64. The van der Waals surface area contributed by atoms with Crippen LogP contribution in [0.1, 0.15) is 29.2 Å². The molecule has 1 aliphatic rings. The molecule has 22 heavy (non-hydrogen) atoms. The van der Waals surface area contributed by atoms with E-state index >= 15 is 0 Å². The third kappa shape index (κ3) is 2.70. The molecule has 0 aliphatic heterocycles. The van der Waals surface area contributed by atoms with Crippen molar-refractivity contribution in [3.8, 4) is 11.1 Å². The molecule has 112 valence electrons. The minimum Gasteiger partial charge on any atom is -0.390 e. The fourth-order valence-corrected chi connectivity index (χ4v) is 2.96. The van der Waals surface area contributed by atoms with Crippen molar-refractivity contribution in [3.63, 3.8) is 0 Å². The van der Waals surface area contributed by atoms with E-state index in [1.54, 1.807) is 0 Å². The molecule has 2 N–H and O–H groups in total. The van der Waals surface area contributed by atoms with Crippen LogP contribution in [0.4, 0.5) is 0 Å². The van der Waals surface area contributed by atoms with Gasteiger partial charge in [-0.1, -0.05) is 47.6 Å². The minimum absolute atomic E-state index is 0.172. The Bertz CT molecular complexity index is 738. The Morgan fingerprint density at radius 2 is 1.86 bits per heavy atom. The van der Waals surface area contributed by atoms with Gasteiger partial charge in [-0.25, -0.2) is 0 Å². The van der Waals surface area contributed by atoms with Gasteiger partial charge in [0, 0.05) is 11.5 Å². The molecule has 1 aliphatic carbocycles. The van der Waals surface area contributed by atoms with Crippen LogP contribution in [0, 0.1) is 0 Å². The lowest BCUT2D eigenvalue weighted by Crippen LogP contribution is -2.19. The molecular formula is C17H17N3O2. The predicted octanol–water partition coefficient (Wildman–Crippen LogP) is 3.35. The number of hydrogen-bond acceptors (Lipinski definition) is 3. The molecule has 0 amide bonds. The van der Waals surface area contributed by atoms with E-state index in [1.165, 1.54) is 22.3 Å². The lowest BCUT2D eigenvalue weighted by atomic mass is 9.97. The van der Waals surface area contributed by atoms with E-state index < -0.39 is 12.2 Å². The van der Waals surface area contributed by atoms with Crippen molar-refractivity contribution in [1.82, 2.24) is 0 Å². The van der Waals surface area contributed by atoms with Crippen LogP contribution in [0.3, 0.4) is 0 Å². The van der Waals surface area contributed by atoms with Gasteiger partial charge in [-0.2, -0.15) is 0 Å². The molecule has 2 aromatic rings. The zero-order valence-electron chi connectivity index (χ0n) is 12.1. The smallest absolute Gasteiger partial charge is 0.105 e. The van der Waals surface area contributed by atoms with Gasteiger partial charge in [0.05, 0.1) is 6.10 Å². The first-order valence-electron chi connectivity index (χ1n) is 7.29. The molecule has 2 aromatic carbocycles. The third-order valence-electron chi connectivity index (χ3n) is 4.11. The van der Waals surface area contributed by atoms with Crippen molar-refractivity contribution in [2.24, 2.45) is 5.11 Å². The fourth-order valence-electron chi connectivity index (χ4n) is 2.96. The maximum atomic E-state index is 10.3. The standard InChI is InChI=1S/C17H17N3O2/c18-20-19-8-7-16(21)17(22)12-5-6-15-13(10-12)9-11-3-1-2-4-14(11)15/h1-6,10,16-17,21-22H,7-9H2. The normalized spacial score (nSPS) is 14.6. The Kier molecular flexibility index (Phi) is 4.11. The molecule has 0 saturated carbocycles. The lowest BCUT2D eigenvalue weighted by Gasteiger charge is -2.18. The third-order valence-corrected chi connectivity index (χ3v) is 4.11. The Balaban J connectivity index is 1.80. The van der Waals surface area contributed by atoms with E-state index in [1.807, 2.05) is 30.3 Å². The number of fused-ring (bicyclic) bond motifs is 3. The summed E-state index contributed by atoms with van der Waals surface area (Å²) in [6.07, 6.45) is -0.820. The van der Waals surface area contributed by atoms with E-state index in [9.17, 15) is 10.2 Å². The highest BCUT2D eigenvalue weighted by atomic mass is 16.3. The van der Waals surface area contributed by atoms with Gasteiger partial charge in [0.25, 0.3) is 0 Å². The molecule has 0 saturated heterocycles. The molecule has 0 heterocycles. The van der Waals surface area contributed by atoms with E-state index in [0.717, 1.165) is 6.42 Å². The summed E-state index contributed by atoms with van der Waals surface area (Å²) in [6.45, 7) is 0.172. The van der Waals surface area contributed by atoms with Crippen LogP contribution >= 0.6 is 0 Å². The Labute approximate surface area is 128 Å². The van der Waals surface area contributed by atoms with Crippen molar-refractivity contribution in [2.45, 2.75) is 25.0 Å². The number of nitrogens with zero attached hydrogens (tertiary/aromatic N) is 3. The van der Waals surface area contributed by atoms with Crippen molar-refractivity contribution in [1.29, 1.82) is 0 Å². The first kappa shape index (κ1) is 14.6. The monoisotopic (exact) mass is 295 g/mol. The second-order valence-electron chi connectivity index (χ2n) is 5.51. The zero-order chi connectivity index (χ0) is 15.5. The van der Waals surface area contributed by atoms with Crippen molar-refractivity contribution >= 4 is 0 Å². The quantitative estimate of drug-likeness (QED) is 0.429. The van der Waals surface area contributed by atoms with Crippen LogP contribution < -0.4 is 0 Å². The fraction of sp³-hybridized carbons (Fsp3) is 0.294. The maximum Gasteiger partial charge on any atom is 0.105 e. The molecule has 2 unspecified atom stereocenters. The first-order chi connectivity index (χ1) is 10.7. The summed E-state index contributed by atoms with van der Waals surface area (Å²) in [7, 11) is 0. The number of benzene rings is 2. The van der Waals surface area contributed by atoms with Gasteiger partial charge in [-0.3, -0.25) is 0 Å². The summed E-state index contributed by atoms with van der Waals surface area (Å²) in [6, 6.07) is 14.1. The van der Waals surface area contributed by atoms with Crippen LogP contribution in [0.5, 0.6) is 0 Å². The van der Waals surface area contributed by atoms with Crippen LogP contribution in [-0.2, 0) is 6.42 Å². The molecule has 0 bridgehead atoms. The van der Waals surface area contributed by atoms with Gasteiger partial charge < -0.3 is 10.2 Å². The van der Waals surface area contributed by atoms with Crippen molar-refractivity contribution < 1.29 is 10.2 Å². The van der Waals surface area contributed by atoms with Gasteiger partial charge in [0.15, 0.2) is 0 Å². The second-order valence-corrected chi connectivity index (χ2v) is 5.51. The Hall–Kier alpha value is -2.33.